The van der Waals surface area contributed by atoms with Crippen molar-refractivity contribution in [3.63, 3.8) is 0 Å². The van der Waals surface area contributed by atoms with Gasteiger partial charge in [0.1, 0.15) is 5.82 Å². The minimum atomic E-state index is -1.29. The van der Waals surface area contributed by atoms with Crippen LogP contribution in [0, 0.1) is 12.7 Å². The van der Waals surface area contributed by atoms with E-state index in [1.54, 1.807) is 18.2 Å². The zero-order valence-corrected chi connectivity index (χ0v) is 13.6. The Kier molecular flexibility index (Phi) is 4.04. The van der Waals surface area contributed by atoms with Gasteiger partial charge in [-0.2, -0.15) is 0 Å². The molecule has 3 nitrogen and oxygen atoms in total. The maximum absolute atomic E-state index is 14.4. The summed E-state index contributed by atoms with van der Waals surface area (Å²) in [6.45, 7) is 2.07. The van der Waals surface area contributed by atoms with Gasteiger partial charge in [0.2, 0.25) is 0 Å². The van der Waals surface area contributed by atoms with Crippen LogP contribution in [0.15, 0.2) is 36.4 Å². The van der Waals surface area contributed by atoms with Crippen LogP contribution >= 0.6 is 23.2 Å². The predicted octanol–water partition coefficient (Wildman–Crippen LogP) is 5.14. The van der Waals surface area contributed by atoms with E-state index in [2.05, 4.69) is 0 Å². The molecule has 0 aliphatic heterocycles. The first-order valence-corrected chi connectivity index (χ1v) is 7.59. The molecule has 0 atom stereocenters. The highest BCUT2D eigenvalue weighted by Crippen LogP contribution is 2.31. The zero-order chi connectivity index (χ0) is 16.7. The second-order valence-electron chi connectivity index (χ2n) is 5.28. The highest BCUT2D eigenvalue weighted by atomic mass is 35.5. The van der Waals surface area contributed by atoms with Gasteiger partial charge < -0.3 is 9.67 Å². The van der Waals surface area contributed by atoms with Gasteiger partial charge in [0, 0.05) is 21.7 Å². The number of benzene rings is 2. The molecule has 0 amide bonds. The topological polar surface area (TPSA) is 42.2 Å². The van der Waals surface area contributed by atoms with Crippen LogP contribution in [-0.4, -0.2) is 15.6 Å². The Labute approximate surface area is 141 Å². The Balaban J connectivity index is 2.14. The second-order valence-corrected chi connectivity index (χ2v) is 6.12. The molecule has 3 aromatic rings. The number of carbonyl (C=O) groups is 1. The van der Waals surface area contributed by atoms with Crippen molar-refractivity contribution in [2.45, 2.75) is 13.5 Å². The highest BCUT2D eigenvalue weighted by molar-refractivity contribution is 6.38. The zero-order valence-electron chi connectivity index (χ0n) is 12.1. The number of aromatic nitrogens is 1. The van der Waals surface area contributed by atoms with Gasteiger partial charge in [0.15, 0.2) is 0 Å². The lowest BCUT2D eigenvalue weighted by atomic mass is 10.1. The molecular weight excluding hydrogens is 340 g/mol. The van der Waals surface area contributed by atoms with Crippen LogP contribution in [0.3, 0.4) is 0 Å². The second kappa shape index (κ2) is 5.87. The fourth-order valence-electron chi connectivity index (χ4n) is 2.66. The Bertz CT molecular complexity index is 934. The summed E-state index contributed by atoms with van der Waals surface area (Å²) in [6.07, 6.45) is 0. The molecule has 0 fully saturated rings. The van der Waals surface area contributed by atoms with Gasteiger partial charge in [0.05, 0.1) is 22.6 Å². The summed E-state index contributed by atoms with van der Waals surface area (Å²) in [5.41, 5.74) is 1.61. The highest BCUT2D eigenvalue weighted by Gasteiger charge is 2.16. The van der Waals surface area contributed by atoms with Crippen LogP contribution in [0.5, 0.6) is 0 Å². The van der Waals surface area contributed by atoms with Gasteiger partial charge in [-0.3, -0.25) is 0 Å². The van der Waals surface area contributed by atoms with E-state index in [0.717, 1.165) is 16.6 Å². The third-order valence-electron chi connectivity index (χ3n) is 3.78. The number of fused-ring (bicyclic) bond motifs is 1. The summed E-state index contributed by atoms with van der Waals surface area (Å²) < 4.78 is 16.2. The molecule has 0 saturated heterocycles. The summed E-state index contributed by atoms with van der Waals surface area (Å²) in [6, 6.07) is 9.65. The summed E-state index contributed by atoms with van der Waals surface area (Å²) in [4.78, 5) is 11.1. The summed E-state index contributed by atoms with van der Waals surface area (Å²) in [5, 5.41) is 10.9. The molecule has 1 aromatic heterocycles. The van der Waals surface area contributed by atoms with Gasteiger partial charge in [-0.15, -0.1) is 0 Å². The van der Waals surface area contributed by atoms with E-state index in [-0.39, 0.29) is 12.1 Å². The molecule has 0 spiro atoms. The van der Waals surface area contributed by atoms with E-state index < -0.39 is 11.8 Å². The van der Waals surface area contributed by atoms with Crippen molar-refractivity contribution in [3.05, 3.63) is 69.1 Å². The smallest absolute Gasteiger partial charge is 0.338 e. The molecule has 3 rings (SSSR count). The van der Waals surface area contributed by atoms with E-state index in [0.29, 0.717) is 15.6 Å². The van der Waals surface area contributed by atoms with Crippen molar-refractivity contribution in [3.8, 4) is 0 Å². The number of hydrogen-bond donors (Lipinski definition) is 1. The van der Waals surface area contributed by atoms with E-state index in [4.69, 9.17) is 28.3 Å². The number of carboxylic acids is 1. The molecular formula is C17H12Cl2FNO2. The number of hydrogen-bond acceptors (Lipinski definition) is 1. The third-order valence-corrected chi connectivity index (χ3v) is 4.31. The molecule has 118 valence electrons. The van der Waals surface area contributed by atoms with E-state index in [9.17, 15) is 9.18 Å². The molecule has 1 N–H and O–H groups in total. The van der Waals surface area contributed by atoms with E-state index in [1.807, 2.05) is 17.6 Å². The minimum absolute atomic E-state index is 0.193. The molecule has 0 aliphatic rings. The molecule has 0 aliphatic carbocycles. The monoisotopic (exact) mass is 351 g/mol. The van der Waals surface area contributed by atoms with Gasteiger partial charge in [-0.05, 0) is 31.2 Å². The van der Waals surface area contributed by atoms with Crippen LogP contribution in [-0.2, 0) is 6.54 Å². The predicted molar refractivity (Wildman–Crippen MR) is 89.2 cm³/mol. The largest absolute Gasteiger partial charge is 0.478 e. The number of carboxylic acid groups (broad SMARTS) is 1. The lowest BCUT2D eigenvalue weighted by Gasteiger charge is -2.11. The molecule has 1 heterocycles. The van der Waals surface area contributed by atoms with Crippen LogP contribution < -0.4 is 0 Å². The van der Waals surface area contributed by atoms with Gasteiger partial charge in [-0.1, -0.05) is 35.3 Å². The van der Waals surface area contributed by atoms with Gasteiger partial charge in [-0.25, -0.2) is 9.18 Å². The van der Waals surface area contributed by atoms with Crippen molar-refractivity contribution in [1.82, 2.24) is 4.57 Å². The van der Waals surface area contributed by atoms with Crippen LogP contribution in [0.25, 0.3) is 10.9 Å². The number of aromatic carboxylic acids is 1. The Morgan fingerprint density at radius 1 is 1.26 bits per heavy atom. The first kappa shape index (κ1) is 15.8. The minimum Gasteiger partial charge on any atom is -0.478 e. The van der Waals surface area contributed by atoms with E-state index >= 15 is 0 Å². The lowest BCUT2D eigenvalue weighted by Crippen LogP contribution is -2.08. The summed E-state index contributed by atoms with van der Waals surface area (Å²) >= 11 is 12.3. The normalized spacial score (nSPS) is 11.1. The number of aryl methyl sites for hydroxylation is 1. The maximum Gasteiger partial charge on any atom is 0.338 e. The number of nitrogens with zero attached hydrogens (tertiary/aromatic N) is 1. The van der Waals surface area contributed by atoms with Crippen molar-refractivity contribution in [1.29, 1.82) is 0 Å². The van der Waals surface area contributed by atoms with Crippen LogP contribution in [0.2, 0.25) is 10.0 Å². The average molecular weight is 352 g/mol. The molecule has 0 bridgehead atoms. The average Bonchev–Trinajstić information content (AvgIpc) is 2.78. The standard InChI is InChI=1S/C17H12Cl2FNO2/c1-9-5-13-14(19)6-11(18)7-15(13)21(9)8-10-3-2-4-12(16(10)20)17(22)23/h2-7H,8H2,1H3,(H,22,23). The van der Waals surface area contributed by atoms with Crippen molar-refractivity contribution in [2.24, 2.45) is 0 Å². The number of rotatable bonds is 3. The molecule has 6 heteroatoms. The Morgan fingerprint density at radius 3 is 2.70 bits per heavy atom. The first-order chi connectivity index (χ1) is 10.9. The molecule has 2 aromatic carbocycles. The van der Waals surface area contributed by atoms with Crippen molar-refractivity contribution in [2.75, 3.05) is 0 Å². The van der Waals surface area contributed by atoms with E-state index in [1.165, 1.54) is 12.1 Å². The van der Waals surface area contributed by atoms with Crippen LogP contribution in [0.1, 0.15) is 21.6 Å². The molecule has 0 saturated carbocycles. The first-order valence-electron chi connectivity index (χ1n) is 6.84. The van der Waals surface area contributed by atoms with Crippen molar-refractivity contribution < 1.29 is 14.3 Å². The fourth-order valence-corrected chi connectivity index (χ4v) is 3.20. The summed E-state index contributed by atoms with van der Waals surface area (Å²) in [7, 11) is 0. The van der Waals surface area contributed by atoms with Crippen LogP contribution in [0.4, 0.5) is 4.39 Å². The quantitative estimate of drug-likeness (QED) is 0.709. The van der Waals surface area contributed by atoms with Gasteiger partial charge >= 0.3 is 5.97 Å². The lowest BCUT2D eigenvalue weighted by molar-refractivity contribution is 0.0691. The summed E-state index contributed by atoms with van der Waals surface area (Å²) in [5.74, 6) is -2.01. The Hall–Kier alpha value is -2.04. The van der Waals surface area contributed by atoms with Gasteiger partial charge in [0.25, 0.3) is 0 Å². The molecule has 23 heavy (non-hydrogen) atoms. The fraction of sp³-hybridized carbons (Fsp3) is 0.118. The molecule has 0 unspecified atom stereocenters. The number of halogens is 3. The maximum atomic E-state index is 14.4. The SMILES string of the molecule is Cc1cc2c(Cl)cc(Cl)cc2n1Cc1cccc(C(=O)O)c1F. The van der Waals surface area contributed by atoms with Crippen molar-refractivity contribution >= 4 is 40.1 Å². The Morgan fingerprint density at radius 2 is 2.00 bits per heavy atom. The molecule has 0 radical (unpaired) electrons. The third kappa shape index (κ3) is 2.80.